The quantitative estimate of drug-likeness (QED) is 0.844. The molecule has 0 aromatic heterocycles. The largest absolute Gasteiger partial charge is 0.348 e. The van der Waals surface area contributed by atoms with Gasteiger partial charge in [0, 0.05) is 0 Å². The summed E-state index contributed by atoms with van der Waals surface area (Å²) < 4.78 is 0. The molecule has 0 aliphatic heterocycles. The highest BCUT2D eigenvalue weighted by atomic mass is 16.2. The number of hydrogen-bond acceptors (Lipinski definition) is 2. The van der Waals surface area contributed by atoms with Crippen LogP contribution in [0.5, 0.6) is 0 Å². The molecule has 1 aromatic rings. The van der Waals surface area contributed by atoms with Gasteiger partial charge in [-0.15, -0.1) is 0 Å². The van der Waals surface area contributed by atoms with Crippen molar-refractivity contribution in [1.29, 1.82) is 0 Å². The van der Waals surface area contributed by atoms with E-state index in [4.69, 9.17) is 5.73 Å². The molecule has 3 N–H and O–H groups in total. The number of nitrogens with two attached hydrogens (primary N) is 1. The summed E-state index contributed by atoms with van der Waals surface area (Å²) in [5.74, 6) is 0.964. The van der Waals surface area contributed by atoms with Crippen LogP contribution in [0.2, 0.25) is 0 Å². The number of amides is 1. The Morgan fingerprint density at radius 2 is 1.86 bits per heavy atom. The first-order chi connectivity index (χ1) is 9.80. The highest BCUT2D eigenvalue weighted by molar-refractivity contribution is 5.86. The Morgan fingerprint density at radius 1 is 1.29 bits per heavy atom. The molecular formula is C18H28N2O. The SMILES string of the molecule is CC(C)Cc1ccc(C(C)NC(=O)C(C)(N)C2CC2)cc1. The van der Waals surface area contributed by atoms with Crippen LogP contribution in [-0.4, -0.2) is 11.4 Å². The van der Waals surface area contributed by atoms with Crippen LogP contribution in [0.25, 0.3) is 0 Å². The summed E-state index contributed by atoms with van der Waals surface area (Å²) in [6.07, 6.45) is 3.22. The van der Waals surface area contributed by atoms with Crippen molar-refractivity contribution in [1.82, 2.24) is 5.32 Å². The number of rotatable bonds is 6. The van der Waals surface area contributed by atoms with Crippen LogP contribution >= 0.6 is 0 Å². The summed E-state index contributed by atoms with van der Waals surface area (Å²) in [5, 5.41) is 3.05. The third-order valence-electron chi connectivity index (χ3n) is 4.39. The molecule has 3 nitrogen and oxygen atoms in total. The van der Waals surface area contributed by atoms with E-state index in [0.717, 1.165) is 24.8 Å². The Labute approximate surface area is 128 Å². The Balaban J connectivity index is 1.96. The van der Waals surface area contributed by atoms with Crippen molar-refractivity contribution in [2.75, 3.05) is 0 Å². The molecule has 1 aromatic carbocycles. The number of carbonyl (C=O) groups is 1. The summed E-state index contributed by atoms with van der Waals surface area (Å²) in [6, 6.07) is 8.51. The predicted octanol–water partition coefficient (Wildman–Crippen LogP) is 3.19. The van der Waals surface area contributed by atoms with Crippen molar-refractivity contribution < 1.29 is 4.79 Å². The van der Waals surface area contributed by atoms with Crippen molar-refractivity contribution >= 4 is 5.91 Å². The summed E-state index contributed by atoms with van der Waals surface area (Å²) in [7, 11) is 0. The second-order valence-electron chi connectivity index (χ2n) is 7.09. The van der Waals surface area contributed by atoms with Crippen LogP contribution in [0, 0.1) is 11.8 Å². The monoisotopic (exact) mass is 288 g/mol. The van der Waals surface area contributed by atoms with E-state index in [1.165, 1.54) is 5.56 Å². The van der Waals surface area contributed by atoms with Crippen LogP contribution in [0.4, 0.5) is 0 Å². The maximum atomic E-state index is 12.3. The molecule has 0 bridgehead atoms. The second-order valence-corrected chi connectivity index (χ2v) is 7.09. The molecule has 1 aliphatic carbocycles. The van der Waals surface area contributed by atoms with Gasteiger partial charge in [0.1, 0.15) is 0 Å². The lowest BCUT2D eigenvalue weighted by Crippen LogP contribution is -2.53. The van der Waals surface area contributed by atoms with E-state index in [2.05, 4.69) is 43.4 Å². The Morgan fingerprint density at radius 3 is 2.33 bits per heavy atom. The zero-order valence-electron chi connectivity index (χ0n) is 13.6. The minimum Gasteiger partial charge on any atom is -0.348 e. The first-order valence-corrected chi connectivity index (χ1v) is 7.99. The maximum Gasteiger partial charge on any atom is 0.240 e. The topological polar surface area (TPSA) is 55.1 Å². The van der Waals surface area contributed by atoms with Gasteiger partial charge in [0.2, 0.25) is 5.91 Å². The highest BCUT2D eigenvalue weighted by Gasteiger charge is 2.44. The molecule has 3 heteroatoms. The lowest BCUT2D eigenvalue weighted by atomic mass is 9.95. The van der Waals surface area contributed by atoms with Crippen LogP contribution < -0.4 is 11.1 Å². The van der Waals surface area contributed by atoms with E-state index in [1.807, 2.05) is 13.8 Å². The van der Waals surface area contributed by atoms with Gasteiger partial charge >= 0.3 is 0 Å². The lowest BCUT2D eigenvalue weighted by molar-refractivity contribution is -0.127. The van der Waals surface area contributed by atoms with E-state index in [1.54, 1.807) is 0 Å². The summed E-state index contributed by atoms with van der Waals surface area (Å²) in [5.41, 5.74) is 7.90. The van der Waals surface area contributed by atoms with Gasteiger partial charge in [-0.2, -0.15) is 0 Å². The first-order valence-electron chi connectivity index (χ1n) is 7.99. The van der Waals surface area contributed by atoms with Gasteiger partial charge in [0.25, 0.3) is 0 Å². The Kier molecular flexibility index (Phi) is 4.72. The molecule has 0 heterocycles. The predicted molar refractivity (Wildman–Crippen MR) is 86.9 cm³/mol. The molecule has 1 aliphatic rings. The van der Waals surface area contributed by atoms with Crippen molar-refractivity contribution in [3.05, 3.63) is 35.4 Å². The highest BCUT2D eigenvalue weighted by Crippen LogP contribution is 2.38. The van der Waals surface area contributed by atoms with E-state index in [9.17, 15) is 4.79 Å². The average Bonchev–Trinajstić information content (AvgIpc) is 3.23. The summed E-state index contributed by atoms with van der Waals surface area (Å²) >= 11 is 0. The molecule has 0 saturated heterocycles. The molecule has 2 rings (SSSR count). The smallest absolute Gasteiger partial charge is 0.240 e. The van der Waals surface area contributed by atoms with Gasteiger partial charge in [0.15, 0.2) is 0 Å². The average molecular weight is 288 g/mol. The first kappa shape index (κ1) is 16.0. The van der Waals surface area contributed by atoms with E-state index >= 15 is 0 Å². The minimum atomic E-state index is -0.730. The van der Waals surface area contributed by atoms with E-state index in [-0.39, 0.29) is 11.9 Å². The fourth-order valence-electron chi connectivity index (χ4n) is 2.72. The molecule has 0 spiro atoms. The Bertz CT molecular complexity index is 486. The van der Waals surface area contributed by atoms with Gasteiger partial charge in [-0.1, -0.05) is 38.1 Å². The zero-order valence-corrected chi connectivity index (χ0v) is 13.6. The van der Waals surface area contributed by atoms with Gasteiger partial charge in [-0.05, 0) is 56.1 Å². The molecule has 1 fully saturated rings. The summed E-state index contributed by atoms with van der Waals surface area (Å²) in [4.78, 5) is 12.3. The number of nitrogens with one attached hydrogen (secondary N) is 1. The fourth-order valence-corrected chi connectivity index (χ4v) is 2.72. The van der Waals surface area contributed by atoms with Gasteiger partial charge in [0.05, 0.1) is 11.6 Å². The maximum absolute atomic E-state index is 12.3. The second kappa shape index (κ2) is 6.18. The van der Waals surface area contributed by atoms with Crippen molar-refractivity contribution in [2.45, 2.75) is 58.5 Å². The molecule has 2 unspecified atom stereocenters. The minimum absolute atomic E-state index is 0.00720. The van der Waals surface area contributed by atoms with Crippen LogP contribution in [0.15, 0.2) is 24.3 Å². The lowest BCUT2D eigenvalue weighted by Gasteiger charge is -2.26. The van der Waals surface area contributed by atoms with Gasteiger partial charge in [-0.25, -0.2) is 0 Å². The van der Waals surface area contributed by atoms with Crippen molar-refractivity contribution in [2.24, 2.45) is 17.6 Å². The van der Waals surface area contributed by atoms with E-state index in [0.29, 0.717) is 11.8 Å². The van der Waals surface area contributed by atoms with Crippen LogP contribution in [0.1, 0.15) is 57.7 Å². The van der Waals surface area contributed by atoms with E-state index < -0.39 is 5.54 Å². The molecule has 2 atom stereocenters. The Hall–Kier alpha value is -1.35. The third kappa shape index (κ3) is 4.07. The molecule has 1 saturated carbocycles. The molecule has 21 heavy (non-hydrogen) atoms. The molecular weight excluding hydrogens is 260 g/mol. The van der Waals surface area contributed by atoms with Crippen molar-refractivity contribution in [3.63, 3.8) is 0 Å². The molecule has 0 radical (unpaired) electrons. The van der Waals surface area contributed by atoms with Crippen LogP contribution in [-0.2, 0) is 11.2 Å². The zero-order chi connectivity index (χ0) is 15.6. The van der Waals surface area contributed by atoms with Gasteiger partial charge < -0.3 is 11.1 Å². The number of hydrogen-bond donors (Lipinski definition) is 2. The summed E-state index contributed by atoms with van der Waals surface area (Å²) in [6.45, 7) is 8.30. The normalized spacial score (nSPS) is 19.1. The van der Waals surface area contributed by atoms with Gasteiger partial charge in [-0.3, -0.25) is 4.79 Å². The number of carbonyl (C=O) groups excluding carboxylic acids is 1. The number of benzene rings is 1. The third-order valence-corrected chi connectivity index (χ3v) is 4.39. The molecule has 116 valence electrons. The van der Waals surface area contributed by atoms with Crippen LogP contribution in [0.3, 0.4) is 0 Å². The fraction of sp³-hybridized carbons (Fsp3) is 0.611. The standard InChI is InChI=1S/C18H28N2O/c1-12(2)11-14-5-7-15(8-6-14)13(3)20-17(21)18(4,19)16-9-10-16/h5-8,12-13,16H,9-11,19H2,1-4H3,(H,20,21). The molecule has 1 amide bonds. The van der Waals surface area contributed by atoms with Crippen molar-refractivity contribution in [3.8, 4) is 0 Å².